The molecule has 0 radical (unpaired) electrons. The molecule has 0 fully saturated rings. The number of aryl methyl sites for hydroxylation is 3. The number of carbonyl (C=O) groups is 1. The van der Waals surface area contributed by atoms with Gasteiger partial charge < -0.3 is 14.8 Å². The van der Waals surface area contributed by atoms with Crippen molar-refractivity contribution in [1.82, 2.24) is 4.98 Å². The normalized spacial score (nSPS) is 11.4. The number of para-hydroxylation sites is 1. The summed E-state index contributed by atoms with van der Waals surface area (Å²) in [5.74, 6) is 0.999. The van der Waals surface area contributed by atoms with Crippen LogP contribution in [0, 0.1) is 32.1 Å². The number of anilines is 1. The van der Waals surface area contributed by atoms with Gasteiger partial charge in [-0.15, -0.1) is 0 Å². The van der Waals surface area contributed by atoms with E-state index in [2.05, 4.69) is 11.4 Å². The number of rotatable bonds is 8. The fourth-order valence-corrected chi connectivity index (χ4v) is 5.20. The first-order valence-electron chi connectivity index (χ1n) is 12.5. The van der Waals surface area contributed by atoms with Crippen LogP contribution in [-0.2, 0) is 4.79 Å². The molecule has 0 saturated heterocycles. The zero-order valence-corrected chi connectivity index (χ0v) is 23.8. The Balaban J connectivity index is 1.79. The fourth-order valence-electron chi connectivity index (χ4n) is 4.28. The lowest BCUT2D eigenvalue weighted by atomic mass is 9.98. The first kappa shape index (κ1) is 27.7. The third-order valence-corrected chi connectivity index (χ3v) is 7.61. The van der Waals surface area contributed by atoms with Crippen LogP contribution in [-0.4, -0.2) is 30.4 Å². The number of benzene rings is 3. The fraction of sp³-hybridized carbons (Fsp3) is 0.219. The molecule has 7 heteroatoms. The number of ether oxygens (including phenoxy) is 2. The van der Waals surface area contributed by atoms with E-state index in [1.54, 1.807) is 14.2 Å². The molecule has 1 unspecified atom stereocenters. The minimum atomic E-state index is -0.505. The van der Waals surface area contributed by atoms with Crippen LogP contribution in [0.25, 0.3) is 22.4 Å². The third kappa shape index (κ3) is 6.08. The third-order valence-electron chi connectivity index (χ3n) is 6.53. The van der Waals surface area contributed by atoms with Crippen molar-refractivity contribution in [2.24, 2.45) is 0 Å². The predicted molar refractivity (Wildman–Crippen MR) is 158 cm³/mol. The van der Waals surface area contributed by atoms with Gasteiger partial charge in [0.1, 0.15) is 11.1 Å². The lowest BCUT2D eigenvalue weighted by Crippen LogP contribution is -2.23. The van der Waals surface area contributed by atoms with Gasteiger partial charge in [-0.2, -0.15) is 5.26 Å². The van der Waals surface area contributed by atoms with Crippen LogP contribution < -0.4 is 14.8 Å². The Hall–Kier alpha value is -4.28. The predicted octanol–water partition coefficient (Wildman–Crippen LogP) is 7.35. The highest BCUT2D eigenvalue weighted by atomic mass is 32.2. The smallest absolute Gasteiger partial charge is 0.237 e. The number of hydrogen-bond acceptors (Lipinski definition) is 6. The molecule has 1 heterocycles. The van der Waals surface area contributed by atoms with Crippen molar-refractivity contribution in [2.75, 3.05) is 19.5 Å². The van der Waals surface area contributed by atoms with Gasteiger partial charge in [0.25, 0.3) is 0 Å². The van der Waals surface area contributed by atoms with Gasteiger partial charge in [-0.05, 0) is 62.6 Å². The molecule has 0 saturated carbocycles. The number of methoxy groups -OCH3 is 2. The first-order chi connectivity index (χ1) is 18.7. The number of nitrogens with zero attached hydrogens (tertiary/aromatic N) is 2. The number of carbonyl (C=O) groups excluding carboxylic acids is 1. The van der Waals surface area contributed by atoms with Crippen LogP contribution in [0.1, 0.15) is 29.2 Å². The second kappa shape index (κ2) is 12.1. The van der Waals surface area contributed by atoms with Crippen LogP contribution in [0.2, 0.25) is 0 Å². The van der Waals surface area contributed by atoms with Crippen LogP contribution in [0.5, 0.6) is 11.5 Å². The van der Waals surface area contributed by atoms with Gasteiger partial charge in [0, 0.05) is 16.8 Å². The SMILES string of the molecule is COc1ccc(-c2cc(-c3ccc(C)cc3)nc(SC(C)C(=O)Nc3c(C)cccc3C)c2C#N)cc1OC. The highest BCUT2D eigenvalue weighted by Crippen LogP contribution is 2.39. The van der Waals surface area contributed by atoms with Gasteiger partial charge in [-0.3, -0.25) is 4.79 Å². The van der Waals surface area contributed by atoms with Crippen LogP contribution in [0.3, 0.4) is 0 Å². The van der Waals surface area contributed by atoms with E-state index in [0.717, 1.165) is 33.5 Å². The quantitative estimate of drug-likeness (QED) is 0.237. The number of pyridine rings is 1. The Morgan fingerprint density at radius 2 is 1.56 bits per heavy atom. The summed E-state index contributed by atoms with van der Waals surface area (Å²) < 4.78 is 10.9. The molecule has 1 N–H and O–H groups in total. The average Bonchev–Trinajstić information content (AvgIpc) is 2.94. The molecule has 4 aromatic rings. The van der Waals surface area contributed by atoms with Crippen LogP contribution in [0.15, 0.2) is 71.8 Å². The molecule has 0 spiro atoms. The van der Waals surface area contributed by atoms with Gasteiger partial charge >= 0.3 is 0 Å². The van der Waals surface area contributed by atoms with Crippen LogP contribution >= 0.6 is 11.8 Å². The molecule has 1 atom stereocenters. The molecule has 0 aliphatic heterocycles. The highest BCUT2D eigenvalue weighted by Gasteiger charge is 2.23. The molecule has 6 nitrogen and oxygen atoms in total. The van der Waals surface area contributed by atoms with E-state index < -0.39 is 5.25 Å². The van der Waals surface area contributed by atoms with Crippen molar-refractivity contribution in [1.29, 1.82) is 5.26 Å². The topological polar surface area (TPSA) is 84.2 Å². The Morgan fingerprint density at radius 3 is 2.18 bits per heavy atom. The maximum absolute atomic E-state index is 13.2. The number of nitrogens with one attached hydrogen (secondary N) is 1. The Kier molecular flexibility index (Phi) is 8.58. The molecular formula is C32H31N3O3S. The van der Waals surface area contributed by atoms with Crippen molar-refractivity contribution in [3.8, 4) is 40.0 Å². The minimum Gasteiger partial charge on any atom is -0.493 e. The van der Waals surface area contributed by atoms with Crippen molar-refractivity contribution in [3.05, 3.63) is 89.0 Å². The summed E-state index contributed by atoms with van der Waals surface area (Å²) >= 11 is 1.27. The summed E-state index contributed by atoms with van der Waals surface area (Å²) in [5.41, 5.74) is 7.45. The molecular weight excluding hydrogens is 506 g/mol. The summed E-state index contributed by atoms with van der Waals surface area (Å²) in [7, 11) is 3.16. The summed E-state index contributed by atoms with van der Waals surface area (Å²) in [4.78, 5) is 18.1. The van der Waals surface area contributed by atoms with Gasteiger partial charge in [-0.1, -0.05) is 65.9 Å². The Bertz CT molecular complexity index is 1540. The van der Waals surface area contributed by atoms with Crippen molar-refractivity contribution >= 4 is 23.4 Å². The number of amides is 1. The average molecular weight is 538 g/mol. The molecule has 4 rings (SSSR count). The van der Waals surface area contributed by atoms with E-state index in [1.807, 2.05) is 94.4 Å². The van der Waals surface area contributed by atoms with Crippen molar-refractivity contribution < 1.29 is 14.3 Å². The maximum Gasteiger partial charge on any atom is 0.237 e. The van der Waals surface area contributed by atoms with E-state index >= 15 is 0 Å². The standard InChI is InChI=1S/C32H31N3O3S/c1-19-10-12-23(13-11-19)27-17-25(24-14-15-28(37-5)29(16-24)38-6)26(18-33)32(34-27)39-22(4)31(36)35-30-20(2)8-7-9-21(30)3/h7-17,22H,1-6H3,(H,35,36). The molecule has 1 amide bonds. The van der Waals surface area contributed by atoms with Gasteiger partial charge in [0.05, 0.1) is 30.7 Å². The first-order valence-corrected chi connectivity index (χ1v) is 13.4. The molecule has 0 bridgehead atoms. The molecule has 3 aromatic carbocycles. The maximum atomic E-state index is 13.2. The van der Waals surface area contributed by atoms with E-state index in [4.69, 9.17) is 14.5 Å². The second-order valence-corrected chi connectivity index (χ2v) is 10.6. The van der Waals surface area contributed by atoms with Gasteiger partial charge in [-0.25, -0.2) is 4.98 Å². The van der Waals surface area contributed by atoms with E-state index in [-0.39, 0.29) is 5.91 Å². The van der Waals surface area contributed by atoms with Crippen molar-refractivity contribution in [2.45, 2.75) is 38.0 Å². The monoisotopic (exact) mass is 537 g/mol. The van der Waals surface area contributed by atoms with E-state index in [0.29, 0.717) is 33.3 Å². The summed E-state index contributed by atoms with van der Waals surface area (Å²) in [6.07, 6.45) is 0. The second-order valence-electron chi connectivity index (χ2n) is 9.30. The molecule has 0 aliphatic carbocycles. The molecule has 198 valence electrons. The lowest BCUT2D eigenvalue weighted by Gasteiger charge is -2.18. The number of aromatic nitrogens is 1. The largest absolute Gasteiger partial charge is 0.493 e. The highest BCUT2D eigenvalue weighted by molar-refractivity contribution is 8.00. The zero-order chi connectivity index (χ0) is 28.1. The van der Waals surface area contributed by atoms with Crippen LogP contribution in [0.4, 0.5) is 5.69 Å². The van der Waals surface area contributed by atoms with E-state index in [9.17, 15) is 10.1 Å². The summed E-state index contributed by atoms with van der Waals surface area (Å²) in [6.45, 7) is 7.79. The van der Waals surface area contributed by atoms with E-state index in [1.165, 1.54) is 11.8 Å². The molecule has 1 aromatic heterocycles. The summed E-state index contributed by atoms with van der Waals surface area (Å²) in [6, 6.07) is 23.8. The Labute approximate surface area is 234 Å². The zero-order valence-electron chi connectivity index (χ0n) is 23.0. The number of hydrogen-bond donors (Lipinski definition) is 1. The molecule has 0 aliphatic rings. The number of nitriles is 1. The molecule has 39 heavy (non-hydrogen) atoms. The minimum absolute atomic E-state index is 0.156. The summed E-state index contributed by atoms with van der Waals surface area (Å²) in [5, 5.41) is 13.3. The van der Waals surface area contributed by atoms with Crippen molar-refractivity contribution in [3.63, 3.8) is 0 Å². The van der Waals surface area contributed by atoms with Gasteiger partial charge in [0.15, 0.2) is 11.5 Å². The number of thioether (sulfide) groups is 1. The van der Waals surface area contributed by atoms with Gasteiger partial charge in [0.2, 0.25) is 5.91 Å². The Morgan fingerprint density at radius 1 is 0.923 bits per heavy atom. The lowest BCUT2D eigenvalue weighted by molar-refractivity contribution is -0.115.